The lowest BCUT2D eigenvalue weighted by atomic mass is 10.3. The number of nitrogens with zero attached hydrogens (tertiary/aromatic N) is 1. The minimum atomic E-state index is -4.45. The molecule has 0 spiro atoms. The van der Waals surface area contributed by atoms with Crippen molar-refractivity contribution in [2.24, 2.45) is 5.73 Å². The van der Waals surface area contributed by atoms with E-state index < -0.39 is 45.8 Å². The topological polar surface area (TPSA) is 175 Å². The van der Waals surface area contributed by atoms with Gasteiger partial charge in [-0.15, -0.1) is 11.8 Å². The van der Waals surface area contributed by atoms with Gasteiger partial charge in [-0.1, -0.05) is 0 Å². The Kier molecular flexibility index (Phi) is 8.62. The van der Waals surface area contributed by atoms with E-state index in [0.29, 0.717) is 5.03 Å². The Bertz CT molecular complexity index is 782. The first-order valence-electron chi connectivity index (χ1n) is 7.33. The predicted molar refractivity (Wildman–Crippen MR) is 94.6 cm³/mol. The first-order valence-corrected chi connectivity index (χ1v) is 9.93. The highest BCUT2D eigenvalue weighted by molar-refractivity contribution is 7.99. The van der Waals surface area contributed by atoms with Crippen molar-refractivity contribution >= 4 is 39.7 Å². The fourth-order valence-electron chi connectivity index (χ4n) is 1.77. The first-order chi connectivity index (χ1) is 12.6. The maximum Gasteiger partial charge on any atom is 0.339 e. The Morgan fingerprint density at radius 2 is 1.96 bits per heavy atom. The van der Waals surface area contributed by atoms with E-state index in [0.717, 1.165) is 18.9 Å². The lowest BCUT2D eigenvalue weighted by Crippen LogP contribution is -2.51. The molecule has 1 amide bonds. The van der Waals surface area contributed by atoms with E-state index in [2.05, 4.69) is 19.8 Å². The minimum absolute atomic E-state index is 0.00157. The zero-order valence-electron chi connectivity index (χ0n) is 14.4. The highest BCUT2D eigenvalue weighted by Gasteiger charge is 2.27. The van der Waals surface area contributed by atoms with Gasteiger partial charge in [0.05, 0.1) is 30.6 Å². The molecule has 0 aliphatic carbocycles. The summed E-state index contributed by atoms with van der Waals surface area (Å²) in [5.74, 6) is -3.26. The van der Waals surface area contributed by atoms with Crippen molar-refractivity contribution in [3.8, 4) is 0 Å². The molecule has 1 unspecified atom stereocenters. The molecule has 11 nitrogen and oxygen atoms in total. The zero-order chi connectivity index (χ0) is 20.6. The lowest BCUT2D eigenvalue weighted by molar-refractivity contribution is -0.144. The number of ether oxygens (including phenoxy) is 2. The van der Waals surface area contributed by atoms with Gasteiger partial charge >= 0.3 is 11.9 Å². The molecule has 150 valence electrons. The molecule has 13 heteroatoms. The summed E-state index contributed by atoms with van der Waals surface area (Å²) < 4.78 is 39.5. The van der Waals surface area contributed by atoms with Crippen LogP contribution in [0, 0.1) is 0 Å². The Morgan fingerprint density at radius 1 is 1.30 bits per heavy atom. The van der Waals surface area contributed by atoms with Gasteiger partial charge in [0.2, 0.25) is 5.91 Å². The van der Waals surface area contributed by atoms with Crippen LogP contribution in [0.25, 0.3) is 0 Å². The number of esters is 2. The molecule has 0 aliphatic rings. The monoisotopic (exact) mass is 421 g/mol. The van der Waals surface area contributed by atoms with Crippen molar-refractivity contribution in [2.75, 3.05) is 25.7 Å². The van der Waals surface area contributed by atoms with Crippen LogP contribution in [-0.2, 0) is 29.2 Å². The van der Waals surface area contributed by atoms with Crippen LogP contribution < -0.4 is 11.1 Å². The summed E-state index contributed by atoms with van der Waals surface area (Å²) in [5, 5.41) is 2.71. The third-order valence-electron chi connectivity index (χ3n) is 3.08. The van der Waals surface area contributed by atoms with Crippen molar-refractivity contribution in [1.82, 2.24) is 10.3 Å². The van der Waals surface area contributed by atoms with Crippen molar-refractivity contribution in [2.45, 2.75) is 17.1 Å². The summed E-state index contributed by atoms with van der Waals surface area (Å²) in [6, 6.07) is 0.308. The molecule has 0 aromatic carbocycles. The van der Waals surface area contributed by atoms with Gasteiger partial charge in [-0.05, 0) is 12.1 Å². The van der Waals surface area contributed by atoms with Gasteiger partial charge in [-0.3, -0.25) is 9.35 Å². The van der Waals surface area contributed by atoms with Crippen LogP contribution >= 0.6 is 11.8 Å². The number of aromatic nitrogens is 1. The molecule has 1 rings (SSSR count). The number of hydrogen-bond acceptors (Lipinski definition) is 10. The highest BCUT2D eigenvalue weighted by atomic mass is 32.2. The van der Waals surface area contributed by atoms with E-state index in [9.17, 15) is 22.8 Å². The average molecular weight is 421 g/mol. The maximum absolute atomic E-state index is 11.9. The van der Waals surface area contributed by atoms with Crippen molar-refractivity contribution < 1.29 is 36.8 Å². The minimum Gasteiger partial charge on any atom is -0.467 e. The van der Waals surface area contributed by atoms with E-state index in [4.69, 9.17) is 10.3 Å². The number of rotatable bonds is 9. The Hall–Kier alpha value is -2.22. The molecule has 0 saturated heterocycles. The molecule has 1 heterocycles. The fraction of sp³-hybridized carbons (Fsp3) is 0.429. The average Bonchev–Trinajstić information content (AvgIpc) is 2.62. The van der Waals surface area contributed by atoms with Crippen LogP contribution in [0.5, 0.6) is 0 Å². The Labute approximate surface area is 159 Å². The summed E-state index contributed by atoms with van der Waals surface area (Å²) >= 11 is 1.08. The summed E-state index contributed by atoms with van der Waals surface area (Å²) in [7, 11) is -2.10. The maximum atomic E-state index is 11.9. The molecule has 1 aromatic heterocycles. The van der Waals surface area contributed by atoms with E-state index in [1.54, 1.807) is 0 Å². The normalized spacial score (nSPS) is 13.3. The number of nitrogens with one attached hydrogen (secondary N) is 1. The molecule has 0 saturated carbocycles. The summed E-state index contributed by atoms with van der Waals surface area (Å²) in [5.41, 5.74) is 5.64. The predicted octanol–water partition coefficient (Wildman–Crippen LogP) is -1.17. The molecular formula is C14H19N3O8S2. The van der Waals surface area contributed by atoms with Gasteiger partial charge in [-0.2, -0.15) is 8.42 Å². The quantitative estimate of drug-likeness (QED) is 0.249. The van der Waals surface area contributed by atoms with E-state index in [-0.39, 0.29) is 11.3 Å². The number of thioether (sulfide) groups is 1. The SMILES string of the molecule is COC(=O)c1ccc(SC[C@H](NC(=O)C(N)CS(=O)(=O)O)C(=O)OC)nc1. The standard InChI is InChI=1S/C14H19N3O8S2/c1-24-13(19)8-3-4-11(16-5-8)26-6-10(14(20)25-2)17-12(18)9(15)7-27(21,22)23/h3-5,9-10H,6-7,15H2,1-2H3,(H,17,18)(H,21,22,23)/t9?,10-/m0/s1. The molecule has 0 fully saturated rings. The summed E-state index contributed by atoms with van der Waals surface area (Å²) in [6.45, 7) is 0. The second-order valence-electron chi connectivity index (χ2n) is 5.13. The molecule has 4 N–H and O–H groups in total. The second kappa shape index (κ2) is 10.2. The van der Waals surface area contributed by atoms with Gasteiger partial charge in [0.15, 0.2) is 0 Å². The Morgan fingerprint density at radius 3 is 2.44 bits per heavy atom. The van der Waals surface area contributed by atoms with Gasteiger partial charge in [0.25, 0.3) is 10.1 Å². The van der Waals surface area contributed by atoms with Gasteiger partial charge in [0, 0.05) is 11.9 Å². The fourth-order valence-corrected chi connectivity index (χ4v) is 3.22. The van der Waals surface area contributed by atoms with Crippen molar-refractivity contribution in [3.63, 3.8) is 0 Å². The van der Waals surface area contributed by atoms with Crippen LogP contribution in [0.1, 0.15) is 10.4 Å². The second-order valence-corrected chi connectivity index (χ2v) is 7.66. The first kappa shape index (κ1) is 22.8. The molecule has 0 aliphatic heterocycles. The van der Waals surface area contributed by atoms with Gasteiger partial charge in [-0.25, -0.2) is 14.6 Å². The van der Waals surface area contributed by atoms with Crippen LogP contribution in [0.4, 0.5) is 0 Å². The molecule has 27 heavy (non-hydrogen) atoms. The van der Waals surface area contributed by atoms with Gasteiger partial charge in [0.1, 0.15) is 12.1 Å². The number of methoxy groups -OCH3 is 2. The third-order valence-corrected chi connectivity index (χ3v) is 4.90. The van der Waals surface area contributed by atoms with Crippen LogP contribution in [0.2, 0.25) is 0 Å². The summed E-state index contributed by atoms with van der Waals surface area (Å²) in [4.78, 5) is 39.1. The van der Waals surface area contributed by atoms with Crippen molar-refractivity contribution in [1.29, 1.82) is 0 Å². The molecule has 0 bridgehead atoms. The molecule has 2 atom stereocenters. The number of carbonyl (C=O) groups excluding carboxylic acids is 3. The van der Waals surface area contributed by atoms with E-state index in [1.807, 2.05) is 0 Å². The number of pyridine rings is 1. The van der Waals surface area contributed by atoms with E-state index in [1.165, 1.54) is 25.4 Å². The van der Waals surface area contributed by atoms with Crippen LogP contribution in [0.3, 0.4) is 0 Å². The number of carbonyl (C=O) groups is 3. The lowest BCUT2D eigenvalue weighted by Gasteiger charge is -2.18. The molecule has 0 radical (unpaired) electrons. The summed E-state index contributed by atoms with van der Waals surface area (Å²) in [6.07, 6.45) is 1.29. The Balaban J connectivity index is 2.74. The largest absolute Gasteiger partial charge is 0.467 e. The third kappa shape index (κ3) is 7.90. The molecular weight excluding hydrogens is 402 g/mol. The van der Waals surface area contributed by atoms with Crippen LogP contribution in [0.15, 0.2) is 23.4 Å². The van der Waals surface area contributed by atoms with Gasteiger partial charge < -0.3 is 20.5 Å². The smallest absolute Gasteiger partial charge is 0.339 e. The molecule has 1 aromatic rings. The number of hydrogen-bond donors (Lipinski definition) is 3. The zero-order valence-corrected chi connectivity index (χ0v) is 16.1. The van der Waals surface area contributed by atoms with Crippen LogP contribution in [-0.4, -0.2) is 73.6 Å². The number of nitrogens with two attached hydrogens (primary N) is 1. The highest BCUT2D eigenvalue weighted by Crippen LogP contribution is 2.17. The van der Waals surface area contributed by atoms with E-state index >= 15 is 0 Å². The van der Waals surface area contributed by atoms with Crippen molar-refractivity contribution in [3.05, 3.63) is 23.9 Å². The number of amides is 1.